The number of likely N-dealkylation sites (tertiary alicyclic amines) is 1. The molecule has 1 aliphatic carbocycles. The molecular formula is C18H24N4O3. The van der Waals surface area contributed by atoms with Crippen molar-refractivity contribution in [1.29, 1.82) is 0 Å². The average molecular weight is 344 g/mol. The quantitative estimate of drug-likeness (QED) is 0.654. The summed E-state index contributed by atoms with van der Waals surface area (Å²) in [4.78, 5) is 36.9. The number of amides is 4. The van der Waals surface area contributed by atoms with Gasteiger partial charge in [-0.3, -0.25) is 9.59 Å². The second kappa shape index (κ2) is 8.00. The Morgan fingerprint density at radius 3 is 2.68 bits per heavy atom. The fourth-order valence-corrected chi connectivity index (χ4v) is 2.87. The monoisotopic (exact) mass is 344 g/mol. The number of hydrogen-bond acceptors (Lipinski definition) is 3. The maximum Gasteiger partial charge on any atom is 0.319 e. The molecule has 7 heteroatoms. The summed E-state index contributed by atoms with van der Waals surface area (Å²) < 4.78 is 0. The van der Waals surface area contributed by atoms with E-state index in [1.807, 2.05) is 29.2 Å². The molecule has 1 aromatic carbocycles. The second-order valence-corrected chi connectivity index (χ2v) is 6.57. The molecule has 0 spiro atoms. The van der Waals surface area contributed by atoms with Crippen LogP contribution in [0.25, 0.3) is 0 Å². The van der Waals surface area contributed by atoms with E-state index in [-0.39, 0.29) is 23.8 Å². The highest BCUT2D eigenvalue weighted by molar-refractivity contribution is 5.89. The molecule has 25 heavy (non-hydrogen) atoms. The lowest BCUT2D eigenvalue weighted by Crippen LogP contribution is -2.37. The molecule has 1 saturated carbocycles. The standard InChI is InChI=1S/C18H24N4O3/c23-16-5-2-10-22(16)12-13-3-1-4-15(11-13)21-18(25)20-9-8-19-17(24)14-6-7-14/h1,3-4,11,14H,2,5-10,12H2,(H,19,24)(H2,20,21,25). The molecule has 134 valence electrons. The van der Waals surface area contributed by atoms with Crippen LogP contribution in [0, 0.1) is 5.92 Å². The van der Waals surface area contributed by atoms with Crippen LogP contribution < -0.4 is 16.0 Å². The van der Waals surface area contributed by atoms with Gasteiger partial charge in [0.15, 0.2) is 0 Å². The van der Waals surface area contributed by atoms with Gasteiger partial charge in [-0.1, -0.05) is 12.1 Å². The lowest BCUT2D eigenvalue weighted by atomic mass is 10.2. The number of urea groups is 1. The van der Waals surface area contributed by atoms with Crippen LogP contribution in [0.4, 0.5) is 10.5 Å². The molecule has 0 radical (unpaired) electrons. The first-order valence-corrected chi connectivity index (χ1v) is 8.81. The van der Waals surface area contributed by atoms with Gasteiger partial charge in [-0.05, 0) is 37.0 Å². The predicted octanol–water partition coefficient (Wildman–Crippen LogP) is 1.46. The van der Waals surface area contributed by atoms with Gasteiger partial charge in [0.1, 0.15) is 0 Å². The molecule has 0 atom stereocenters. The van der Waals surface area contributed by atoms with Crippen LogP contribution in [0.2, 0.25) is 0 Å². The zero-order valence-corrected chi connectivity index (χ0v) is 14.2. The Balaban J connectivity index is 1.40. The summed E-state index contributed by atoms with van der Waals surface area (Å²) in [7, 11) is 0. The highest BCUT2D eigenvalue weighted by atomic mass is 16.2. The van der Waals surface area contributed by atoms with E-state index in [2.05, 4.69) is 16.0 Å². The van der Waals surface area contributed by atoms with E-state index in [0.29, 0.717) is 31.7 Å². The molecule has 0 aromatic heterocycles. The molecule has 0 bridgehead atoms. The lowest BCUT2D eigenvalue weighted by Gasteiger charge is -2.16. The molecule has 7 nitrogen and oxygen atoms in total. The zero-order chi connectivity index (χ0) is 17.6. The Morgan fingerprint density at radius 2 is 1.96 bits per heavy atom. The van der Waals surface area contributed by atoms with Crippen LogP contribution in [-0.4, -0.2) is 42.4 Å². The van der Waals surface area contributed by atoms with Gasteiger partial charge in [-0.25, -0.2) is 4.79 Å². The third kappa shape index (κ3) is 5.20. The molecule has 2 fully saturated rings. The van der Waals surface area contributed by atoms with Crippen LogP contribution in [0.15, 0.2) is 24.3 Å². The molecule has 1 aromatic rings. The van der Waals surface area contributed by atoms with Gasteiger partial charge >= 0.3 is 6.03 Å². The predicted molar refractivity (Wildman–Crippen MR) is 93.8 cm³/mol. The lowest BCUT2D eigenvalue weighted by molar-refractivity contribution is -0.128. The number of carbonyl (C=O) groups is 3. The molecule has 1 heterocycles. The van der Waals surface area contributed by atoms with Crippen molar-refractivity contribution in [2.75, 3.05) is 25.0 Å². The maximum atomic E-state index is 11.9. The Kier molecular flexibility index (Phi) is 5.53. The van der Waals surface area contributed by atoms with Gasteiger partial charge in [0, 0.05) is 44.2 Å². The molecule has 3 N–H and O–H groups in total. The van der Waals surface area contributed by atoms with Crippen LogP contribution in [0.5, 0.6) is 0 Å². The largest absolute Gasteiger partial charge is 0.354 e. The van der Waals surface area contributed by atoms with E-state index in [1.54, 1.807) is 0 Å². The van der Waals surface area contributed by atoms with Crippen molar-refractivity contribution in [2.24, 2.45) is 5.92 Å². The van der Waals surface area contributed by atoms with Crippen molar-refractivity contribution in [2.45, 2.75) is 32.2 Å². The van der Waals surface area contributed by atoms with E-state index in [9.17, 15) is 14.4 Å². The van der Waals surface area contributed by atoms with Crippen molar-refractivity contribution in [3.8, 4) is 0 Å². The van der Waals surface area contributed by atoms with Crippen LogP contribution in [-0.2, 0) is 16.1 Å². The van der Waals surface area contributed by atoms with Gasteiger partial charge in [0.25, 0.3) is 0 Å². The second-order valence-electron chi connectivity index (χ2n) is 6.57. The summed E-state index contributed by atoms with van der Waals surface area (Å²) in [5.74, 6) is 0.440. The third-order valence-electron chi connectivity index (χ3n) is 4.39. The van der Waals surface area contributed by atoms with Gasteiger partial charge in [-0.15, -0.1) is 0 Å². The summed E-state index contributed by atoms with van der Waals surface area (Å²) in [5.41, 5.74) is 1.67. The summed E-state index contributed by atoms with van der Waals surface area (Å²) in [6, 6.07) is 7.18. The zero-order valence-electron chi connectivity index (χ0n) is 14.2. The van der Waals surface area contributed by atoms with Gasteiger partial charge in [0.2, 0.25) is 11.8 Å². The number of anilines is 1. The van der Waals surface area contributed by atoms with Gasteiger partial charge < -0.3 is 20.9 Å². The molecule has 2 aliphatic rings. The minimum atomic E-state index is -0.310. The fourth-order valence-electron chi connectivity index (χ4n) is 2.87. The normalized spacial score (nSPS) is 16.6. The summed E-state index contributed by atoms with van der Waals surface area (Å²) in [6.45, 7) is 2.18. The van der Waals surface area contributed by atoms with Crippen LogP contribution in [0.3, 0.4) is 0 Å². The van der Waals surface area contributed by atoms with E-state index >= 15 is 0 Å². The Labute approximate surface area is 147 Å². The SMILES string of the molecule is O=C(NCCNC(=O)C1CC1)Nc1cccc(CN2CCCC2=O)c1. The maximum absolute atomic E-state index is 11.9. The molecule has 4 amide bonds. The first-order valence-electron chi connectivity index (χ1n) is 8.81. The summed E-state index contributed by atoms with van der Waals surface area (Å²) in [5, 5.41) is 8.29. The molecule has 1 aliphatic heterocycles. The molecule has 1 saturated heterocycles. The highest BCUT2D eigenvalue weighted by Crippen LogP contribution is 2.28. The summed E-state index contributed by atoms with van der Waals surface area (Å²) >= 11 is 0. The number of rotatable bonds is 7. The van der Waals surface area contributed by atoms with Crippen molar-refractivity contribution >= 4 is 23.5 Å². The molecular weight excluding hydrogens is 320 g/mol. The molecule has 0 unspecified atom stereocenters. The van der Waals surface area contributed by atoms with Crippen LogP contribution >= 0.6 is 0 Å². The van der Waals surface area contributed by atoms with E-state index in [1.165, 1.54) is 0 Å². The van der Waals surface area contributed by atoms with Gasteiger partial charge in [0.05, 0.1) is 0 Å². The Hall–Kier alpha value is -2.57. The number of nitrogens with one attached hydrogen (secondary N) is 3. The number of benzene rings is 1. The van der Waals surface area contributed by atoms with Crippen molar-refractivity contribution in [1.82, 2.24) is 15.5 Å². The summed E-state index contributed by atoms with van der Waals surface area (Å²) in [6.07, 6.45) is 3.48. The van der Waals surface area contributed by atoms with E-state index < -0.39 is 0 Å². The first-order chi connectivity index (χ1) is 12.1. The fraction of sp³-hybridized carbons (Fsp3) is 0.500. The molecule has 3 rings (SSSR count). The average Bonchev–Trinajstić information content (AvgIpc) is 3.36. The minimum Gasteiger partial charge on any atom is -0.354 e. The van der Waals surface area contributed by atoms with E-state index in [4.69, 9.17) is 0 Å². The van der Waals surface area contributed by atoms with Crippen LogP contribution in [0.1, 0.15) is 31.2 Å². The number of hydrogen-bond donors (Lipinski definition) is 3. The van der Waals surface area contributed by atoms with Crippen molar-refractivity contribution in [3.05, 3.63) is 29.8 Å². The minimum absolute atomic E-state index is 0.0753. The van der Waals surface area contributed by atoms with Crippen molar-refractivity contribution < 1.29 is 14.4 Å². The number of carbonyl (C=O) groups excluding carboxylic acids is 3. The highest BCUT2D eigenvalue weighted by Gasteiger charge is 2.29. The topological polar surface area (TPSA) is 90.5 Å². The Morgan fingerprint density at radius 1 is 1.16 bits per heavy atom. The third-order valence-corrected chi connectivity index (χ3v) is 4.39. The first kappa shape index (κ1) is 17.3. The Bertz CT molecular complexity index is 657. The van der Waals surface area contributed by atoms with Crippen molar-refractivity contribution in [3.63, 3.8) is 0 Å². The van der Waals surface area contributed by atoms with E-state index in [0.717, 1.165) is 31.4 Å². The van der Waals surface area contributed by atoms with Gasteiger partial charge in [-0.2, -0.15) is 0 Å². The number of nitrogens with zero attached hydrogens (tertiary/aromatic N) is 1. The smallest absolute Gasteiger partial charge is 0.319 e.